The lowest BCUT2D eigenvalue weighted by Crippen LogP contribution is -2.10. The first-order valence-electron chi connectivity index (χ1n) is 15.4. The summed E-state index contributed by atoms with van der Waals surface area (Å²) in [5, 5.41) is 2.31. The van der Waals surface area contributed by atoms with Gasteiger partial charge >= 0.3 is 0 Å². The fraction of sp³-hybridized carbons (Fsp3) is 0.122. The first kappa shape index (κ1) is 25.6. The van der Waals surface area contributed by atoms with Crippen molar-refractivity contribution in [2.75, 3.05) is 4.90 Å². The van der Waals surface area contributed by atoms with Crippen molar-refractivity contribution in [3.63, 3.8) is 0 Å². The van der Waals surface area contributed by atoms with Crippen LogP contribution in [0.3, 0.4) is 0 Å². The Morgan fingerprint density at radius 1 is 0.442 bits per heavy atom. The van der Waals surface area contributed by atoms with Crippen LogP contribution in [0.5, 0.6) is 0 Å². The molecule has 2 nitrogen and oxygen atoms in total. The zero-order valence-corrected chi connectivity index (χ0v) is 24.1. The number of nitrogens with zero attached hydrogens (tertiary/aromatic N) is 1. The Balaban J connectivity index is 1.15. The molecule has 0 atom stereocenters. The summed E-state index contributed by atoms with van der Waals surface area (Å²) in [5.41, 5.74) is 11.5. The van der Waals surface area contributed by atoms with Gasteiger partial charge in [-0.05, 0) is 101 Å². The molecule has 0 saturated heterocycles. The highest BCUT2D eigenvalue weighted by molar-refractivity contribution is 6.05. The number of hydrogen-bond acceptors (Lipinski definition) is 2. The van der Waals surface area contributed by atoms with Gasteiger partial charge in [0.25, 0.3) is 0 Å². The van der Waals surface area contributed by atoms with Crippen LogP contribution < -0.4 is 4.90 Å². The van der Waals surface area contributed by atoms with Gasteiger partial charge in [0.2, 0.25) is 0 Å². The van der Waals surface area contributed by atoms with Crippen LogP contribution in [0.15, 0.2) is 150 Å². The van der Waals surface area contributed by atoms with Gasteiger partial charge in [-0.25, -0.2) is 0 Å². The number of anilines is 3. The number of rotatable bonds is 6. The molecule has 43 heavy (non-hydrogen) atoms. The third kappa shape index (κ3) is 4.89. The van der Waals surface area contributed by atoms with E-state index in [-0.39, 0.29) is 0 Å². The molecule has 208 valence electrons. The van der Waals surface area contributed by atoms with Crippen LogP contribution >= 0.6 is 0 Å². The Morgan fingerprint density at radius 3 is 1.63 bits per heavy atom. The summed E-state index contributed by atoms with van der Waals surface area (Å²) in [6, 6.07) is 52.4. The fourth-order valence-corrected chi connectivity index (χ4v) is 6.74. The van der Waals surface area contributed by atoms with Gasteiger partial charge in [0.15, 0.2) is 0 Å². The largest absolute Gasteiger partial charge is 0.456 e. The molecule has 0 radical (unpaired) electrons. The van der Waals surface area contributed by atoms with Crippen molar-refractivity contribution < 1.29 is 4.42 Å². The maximum atomic E-state index is 6.17. The zero-order chi connectivity index (χ0) is 28.6. The summed E-state index contributed by atoms with van der Waals surface area (Å²) in [7, 11) is 0. The second kappa shape index (κ2) is 11.0. The van der Waals surface area contributed by atoms with Gasteiger partial charge in [0.1, 0.15) is 11.2 Å². The molecule has 0 amide bonds. The van der Waals surface area contributed by atoms with Crippen LogP contribution in [0.1, 0.15) is 37.2 Å². The SMILES string of the molecule is c1ccc(-c2ccc(N(c3ccc(-c4ccc5c(c4)oc4ccccc45)cc3)c3ccc(C4CCCC4)cc3)cc2)cc1. The van der Waals surface area contributed by atoms with E-state index in [1.165, 1.54) is 53.6 Å². The van der Waals surface area contributed by atoms with Gasteiger partial charge in [-0.3, -0.25) is 0 Å². The van der Waals surface area contributed by atoms with E-state index in [1.54, 1.807) is 0 Å². The molecule has 1 aromatic heterocycles. The van der Waals surface area contributed by atoms with E-state index in [2.05, 4.69) is 138 Å². The predicted octanol–water partition coefficient (Wildman–Crippen LogP) is 12.0. The summed E-state index contributed by atoms with van der Waals surface area (Å²) in [6.07, 6.45) is 5.32. The van der Waals surface area contributed by atoms with Gasteiger partial charge in [-0.15, -0.1) is 0 Å². The van der Waals surface area contributed by atoms with Crippen LogP contribution in [0, 0.1) is 0 Å². The molecule has 0 spiro atoms. The monoisotopic (exact) mass is 555 g/mol. The van der Waals surface area contributed by atoms with E-state index in [0.717, 1.165) is 38.9 Å². The van der Waals surface area contributed by atoms with Gasteiger partial charge in [-0.2, -0.15) is 0 Å². The quantitative estimate of drug-likeness (QED) is 0.203. The second-order valence-corrected chi connectivity index (χ2v) is 11.7. The topological polar surface area (TPSA) is 16.4 Å². The zero-order valence-electron chi connectivity index (χ0n) is 24.1. The van der Waals surface area contributed by atoms with Crippen molar-refractivity contribution in [1.82, 2.24) is 0 Å². The lowest BCUT2D eigenvalue weighted by atomic mass is 9.97. The molecule has 7 aromatic rings. The number of hydrogen-bond donors (Lipinski definition) is 0. The van der Waals surface area contributed by atoms with E-state index in [9.17, 15) is 0 Å². The summed E-state index contributed by atoms with van der Waals surface area (Å²) >= 11 is 0. The summed E-state index contributed by atoms with van der Waals surface area (Å²) in [5.74, 6) is 0.705. The van der Waals surface area contributed by atoms with Crippen molar-refractivity contribution in [2.24, 2.45) is 0 Å². The molecule has 2 heteroatoms. The summed E-state index contributed by atoms with van der Waals surface area (Å²) in [6.45, 7) is 0. The van der Waals surface area contributed by atoms with Crippen molar-refractivity contribution >= 4 is 39.0 Å². The van der Waals surface area contributed by atoms with Gasteiger partial charge in [-0.1, -0.05) is 104 Å². The van der Waals surface area contributed by atoms with Crippen LogP contribution in [0.4, 0.5) is 17.1 Å². The van der Waals surface area contributed by atoms with Crippen molar-refractivity contribution in [3.05, 3.63) is 151 Å². The van der Waals surface area contributed by atoms with E-state index in [1.807, 2.05) is 12.1 Å². The van der Waals surface area contributed by atoms with Crippen molar-refractivity contribution in [1.29, 1.82) is 0 Å². The molecule has 0 unspecified atom stereocenters. The molecular formula is C41H33NO. The molecule has 6 aromatic carbocycles. The van der Waals surface area contributed by atoms with E-state index in [0.29, 0.717) is 5.92 Å². The molecular weight excluding hydrogens is 522 g/mol. The standard InChI is InChI=1S/C41H33NO/c1-2-8-29(9-3-1)31-14-21-35(22-15-31)42(36-23-16-32(17-24-36)30-10-4-5-11-30)37-25-18-33(19-26-37)34-20-27-39-38-12-6-7-13-40(38)43-41(39)28-34/h1-3,6-9,12-28,30H,4-5,10-11H2. The normalized spacial score (nSPS) is 13.6. The molecule has 1 saturated carbocycles. The minimum Gasteiger partial charge on any atom is -0.456 e. The Kier molecular flexibility index (Phi) is 6.53. The Bertz CT molecular complexity index is 2000. The first-order chi connectivity index (χ1) is 21.3. The Hall–Kier alpha value is -5.08. The number of fused-ring (bicyclic) bond motifs is 3. The fourth-order valence-electron chi connectivity index (χ4n) is 6.74. The van der Waals surface area contributed by atoms with E-state index >= 15 is 0 Å². The van der Waals surface area contributed by atoms with Gasteiger partial charge in [0.05, 0.1) is 0 Å². The average Bonchev–Trinajstić information content (AvgIpc) is 3.75. The van der Waals surface area contributed by atoms with Crippen LogP contribution in [-0.2, 0) is 0 Å². The molecule has 1 aliphatic carbocycles. The second-order valence-electron chi connectivity index (χ2n) is 11.7. The number of furan rings is 1. The third-order valence-electron chi connectivity index (χ3n) is 9.05. The van der Waals surface area contributed by atoms with Crippen LogP contribution in [0.2, 0.25) is 0 Å². The molecule has 1 heterocycles. The lowest BCUT2D eigenvalue weighted by molar-refractivity contribution is 0.669. The highest BCUT2D eigenvalue weighted by atomic mass is 16.3. The van der Waals surface area contributed by atoms with Gasteiger partial charge in [0, 0.05) is 27.8 Å². The predicted molar refractivity (Wildman–Crippen MR) is 180 cm³/mol. The molecule has 1 aliphatic rings. The lowest BCUT2D eigenvalue weighted by Gasteiger charge is -2.26. The van der Waals surface area contributed by atoms with Crippen molar-refractivity contribution in [3.8, 4) is 22.3 Å². The minimum absolute atomic E-state index is 0.705. The summed E-state index contributed by atoms with van der Waals surface area (Å²) < 4.78 is 6.17. The molecule has 0 bridgehead atoms. The Morgan fingerprint density at radius 2 is 0.953 bits per heavy atom. The smallest absolute Gasteiger partial charge is 0.136 e. The average molecular weight is 556 g/mol. The number of benzene rings is 6. The van der Waals surface area contributed by atoms with Crippen LogP contribution in [0.25, 0.3) is 44.2 Å². The maximum absolute atomic E-state index is 6.17. The first-order valence-corrected chi connectivity index (χ1v) is 15.4. The highest BCUT2D eigenvalue weighted by Gasteiger charge is 2.19. The van der Waals surface area contributed by atoms with Crippen molar-refractivity contribution in [2.45, 2.75) is 31.6 Å². The minimum atomic E-state index is 0.705. The van der Waals surface area contributed by atoms with Gasteiger partial charge < -0.3 is 9.32 Å². The number of para-hydroxylation sites is 1. The van der Waals surface area contributed by atoms with Crippen LogP contribution in [-0.4, -0.2) is 0 Å². The summed E-state index contributed by atoms with van der Waals surface area (Å²) in [4.78, 5) is 2.36. The maximum Gasteiger partial charge on any atom is 0.136 e. The molecule has 1 fully saturated rings. The van der Waals surface area contributed by atoms with E-state index < -0.39 is 0 Å². The Labute approximate surface area is 252 Å². The third-order valence-corrected chi connectivity index (χ3v) is 9.05. The van der Waals surface area contributed by atoms with E-state index in [4.69, 9.17) is 4.42 Å². The molecule has 0 aliphatic heterocycles. The molecule has 8 rings (SSSR count). The molecule has 0 N–H and O–H groups in total. The highest BCUT2D eigenvalue weighted by Crippen LogP contribution is 2.40.